The van der Waals surface area contributed by atoms with Gasteiger partial charge in [-0.1, -0.05) is 0 Å². The van der Waals surface area contributed by atoms with E-state index in [0.717, 1.165) is 0 Å². The highest BCUT2D eigenvalue weighted by Crippen LogP contribution is 2.14. The van der Waals surface area contributed by atoms with E-state index < -0.39 is 0 Å². The van der Waals surface area contributed by atoms with Crippen molar-refractivity contribution >= 4 is 5.84 Å². The number of amidine groups is 1. The minimum absolute atomic E-state index is 0.0898. The van der Waals surface area contributed by atoms with Gasteiger partial charge in [0.25, 0.3) is 0 Å². The molecule has 0 aliphatic heterocycles. The highest BCUT2D eigenvalue weighted by molar-refractivity contribution is 5.79. The van der Waals surface area contributed by atoms with Crippen molar-refractivity contribution in [2.75, 3.05) is 7.11 Å². The summed E-state index contributed by atoms with van der Waals surface area (Å²) in [7, 11) is 1.57. The van der Waals surface area contributed by atoms with Crippen LogP contribution in [0.3, 0.4) is 0 Å². The largest absolute Gasteiger partial charge is 0.495 e. The first-order valence-corrected chi connectivity index (χ1v) is 3.55. The predicted molar refractivity (Wildman–Crippen MR) is 46.4 cm³/mol. The summed E-state index contributed by atoms with van der Waals surface area (Å²) in [6.45, 7) is 0. The molecule has 0 spiro atoms. The average molecular weight is 165 g/mol. The van der Waals surface area contributed by atoms with Crippen molar-refractivity contribution in [3.8, 4) is 5.75 Å². The van der Waals surface area contributed by atoms with E-state index in [1.165, 1.54) is 0 Å². The van der Waals surface area contributed by atoms with E-state index in [1.54, 1.807) is 25.4 Å². The molecule has 0 bridgehead atoms. The molecule has 3 N–H and O–H groups in total. The Kier molecular flexibility index (Phi) is 2.63. The molecule has 1 rings (SSSR count). The molecule has 1 aromatic heterocycles. The molecule has 4 nitrogen and oxygen atoms in total. The minimum Gasteiger partial charge on any atom is -0.495 e. The maximum Gasteiger partial charge on any atom is 0.140 e. The lowest BCUT2D eigenvalue weighted by Gasteiger charge is -2.04. The Balaban J connectivity index is 2.89. The fraction of sp³-hybridized carbons (Fsp3) is 0.250. The number of ether oxygens (including phenoxy) is 1. The van der Waals surface area contributed by atoms with Crippen LogP contribution in [0.1, 0.15) is 5.69 Å². The SMILES string of the molecule is COc1cccnc1CC(=N)N. The van der Waals surface area contributed by atoms with Gasteiger partial charge in [0, 0.05) is 6.20 Å². The molecule has 1 heterocycles. The van der Waals surface area contributed by atoms with Gasteiger partial charge in [-0.3, -0.25) is 10.4 Å². The van der Waals surface area contributed by atoms with Crippen LogP contribution >= 0.6 is 0 Å². The summed E-state index contributed by atoms with van der Waals surface area (Å²) in [6.07, 6.45) is 1.99. The molecule has 12 heavy (non-hydrogen) atoms. The van der Waals surface area contributed by atoms with E-state index >= 15 is 0 Å². The first kappa shape index (κ1) is 8.52. The van der Waals surface area contributed by atoms with Gasteiger partial charge in [0.15, 0.2) is 0 Å². The van der Waals surface area contributed by atoms with Crippen LogP contribution in [-0.2, 0) is 6.42 Å². The molecular formula is C8H11N3O. The quantitative estimate of drug-likeness (QED) is 0.508. The van der Waals surface area contributed by atoms with Crippen LogP contribution in [0.15, 0.2) is 18.3 Å². The van der Waals surface area contributed by atoms with Crippen LogP contribution < -0.4 is 10.5 Å². The van der Waals surface area contributed by atoms with Gasteiger partial charge in [0.1, 0.15) is 5.75 Å². The average Bonchev–Trinajstić information content (AvgIpc) is 2.04. The summed E-state index contributed by atoms with van der Waals surface area (Å²) < 4.78 is 5.03. The summed E-state index contributed by atoms with van der Waals surface area (Å²) in [5.41, 5.74) is 5.94. The van der Waals surface area contributed by atoms with Crippen molar-refractivity contribution in [1.29, 1.82) is 5.41 Å². The first-order valence-electron chi connectivity index (χ1n) is 3.55. The maximum absolute atomic E-state index is 7.09. The van der Waals surface area contributed by atoms with Crippen molar-refractivity contribution in [3.63, 3.8) is 0 Å². The van der Waals surface area contributed by atoms with Gasteiger partial charge in [-0.05, 0) is 12.1 Å². The fourth-order valence-corrected chi connectivity index (χ4v) is 0.922. The molecule has 0 unspecified atom stereocenters. The predicted octanol–water partition coefficient (Wildman–Crippen LogP) is 0.569. The Morgan fingerprint density at radius 2 is 2.50 bits per heavy atom. The lowest BCUT2D eigenvalue weighted by Crippen LogP contribution is -2.14. The minimum atomic E-state index is 0.0898. The van der Waals surface area contributed by atoms with E-state index in [-0.39, 0.29) is 5.84 Å². The second-order valence-electron chi connectivity index (χ2n) is 2.35. The molecule has 0 saturated carbocycles. The zero-order chi connectivity index (χ0) is 8.97. The molecule has 0 atom stereocenters. The van der Waals surface area contributed by atoms with Crippen LogP contribution in [0.25, 0.3) is 0 Å². The molecule has 4 heteroatoms. The van der Waals surface area contributed by atoms with E-state index in [0.29, 0.717) is 17.9 Å². The summed E-state index contributed by atoms with van der Waals surface area (Å²) in [6, 6.07) is 3.58. The Hall–Kier alpha value is -1.58. The van der Waals surface area contributed by atoms with Crippen molar-refractivity contribution < 1.29 is 4.74 Å². The van der Waals surface area contributed by atoms with Gasteiger partial charge in [-0.15, -0.1) is 0 Å². The standard InChI is InChI=1S/C8H11N3O/c1-12-7-3-2-4-11-6(7)5-8(9)10/h2-4H,5H2,1H3,(H3,9,10). The molecule has 64 valence electrons. The molecule has 0 aromatic carbocycles. The molecular weight excluding hydrogens is 154 g/mol. The summed E-state index contributed by atoms with van der Waals surface area (Å²) in [4.78, 5) is 4.04. The second kappa shape index (κ2) is 3.71. The third-order valence-electron chi connectivity index (χ3n) is 1.43. The summed E-state index contributed by atoms with van der Waals surface area (Å²) in [5.74, 6) is 0.764. The Labute approximate surface area is 70.9 Å². The Bertz CT molecular complexity index is 285. The van der Waals surface area contributed by atoms with E-state index in [2.05, 4.69) is 4.98 Å². The van der Waals surface area contributed by atoms with Crippen molar-refractivity contribution in [2.45, 2.75) is 6.42 Å². The van der Waals surface area contributed by atoms with E-state index in [4.69, 9.17) is 15.9 Å². The molecule has 0 amide bonds. The number of hydrogen-bond donors (Lipinski definition) is 2. The van der Waals surface area contributed by atoms with Crippen LogP contribution in [0.4, 0.5) is 0 Å². The lowest BCUT2D eigenvalue weighted by atomic mass is 10.2. The van der Waals surface area contributed by atoms with Crippen LogP contribution in [0.2, 0.25) is 0 Å². The fourth-order valence-electron chi connectivity index (χ4n) is 0.922. The third-order valence-corrected chi connectivity index (χ3v) is 1.43. The normalized spacial score (nSPS) is 9.42. The molecule has 0 fully saturated rings. The smallest absolute Gasteiger partial charge is 0.140 e. The van der Waals surface area contributed by atoms with Gasteiger partial charge < -0.3 is 10.5 Å². The molecule has 0 saturated heterocycles. The molecule has 0 aliphatic carbocycles. The van der Waals surface area contributed by atoms with Crippen molar-refractivity contribution in [1.82, 2.24) is 4.98 Å². The van der Waals surface area contributed by atoms with Gasteiger partial charge in [-0.2, -0.15) is 0 Å². The topological polar surface area (TPSA) is 72.0 Å². The van der Waals surface area contributed by atoms with Crippen LogP contribution in [-0.4, -0.2) is 17.9 Å². The summed E-state index contributed by atoms with van der Waals surface area (Å²) in [5, 5.41) is 7.09. The highest BCUT2D eigenvalue weighted by atomic mass is 16.5. The lowest BCUT2D eigenvalue weighted by molar-refractivity contribution is 0.408. The number of pyridine rings is 1. The van der Waals surface area contributed by atoms with Crippen molar-refractivity contribution in [2.24, 2.45) is 5.73 Å². The molecule has 0 radical (unpaired) electrons. The van der Waals surface area contributed by atoms with Crippen molar-refractivity contribution in [3.05, 3.63) is 24.0 Å². The van der Waals surface area contributed by atoms with Gasteiger partial charge in [0.2, 0.25) is 0 Å². The summed E-state index contributed by atoms with van der Waals surface area (Å²) >= 11 is 0. The monoisotopic (exact) mass is 165 g/mol. The Morgan fingerprint density at radius 3 is 3.08 bits per heavy atom. The van der Waals surface area contributed by atoms with Gasteiger partial charge in [-0.25, -0.2) is 0 Å². The zero-order valence-electron chi connectivity index (χ0n) is 6.87. The highest BCUT2D eigenvalue weighted by Gasteiger charge is 2.03. The first-order chi connectivity index (χ1) is 5.74. The van der Waals surface area contributed by atoms with Crippen LogP contribution in [0, 0.1) is 5.41 Å². The van der Waals surface area contributed by atoms with Gasteiger partial charge in [0.05, 0.1) is 25.1 Å². The number of methoxy groups -OCH3 is 1. The molecule has 1 aromatic rings. The number of rotatable bonds is 3. The number of nitrogens with two attached hydrogens (primary N) is 1. The number of aromatic nitrogens is 1. The zero-order valence-corrected chi connectivity index (χ0v) is 6.87. The van der Waals surface area contributed by atoms with E-state index in [1.807, 2.05) is 0 Å². The van der Waals surface area contributed by atoms with Gasteiger partial charge >= 0.3 is 0 Å². The van der Waals surface area contributed by atoms with E-state index in [9.17, 15) is 0 Å². The molecule has 0 aliphatic rings. The second-order valence-corrected chi connectivity index (χ2v) is 2.35. The number of hydrogen-bond acceptors (Lipinski definition) is 3. The van der Waals surface area contributed by atoms with Crippen LogP contribution in [0.5, 0.6) is 5.75 Å². The number of nitrogens with zero attached hydrogens (tertiary/aromatic N) is 1. The maximum atomic E-state index is 7.09. The number of nitrogens with one attached hydrogen (secondary N) is 1. The third kappa shape index (κ3) is 1.95. The Morgan fingerprint density at radius 1 is 1.75 bits per heavy atom.